The molecule has 1 amide bonds. The molecular formula is C18H29N3O3. The van der Waals surface area contributed by atoms with Crippen LogP contribution in [-0.4, -0.2) is 53.4 Å². The van der Waals surface area contributed by atoms with Crippen LogP contribution in [0.3, 0.4) is 0 Å². The minimum absolute atomic E-state index is 0.112. The summed E-state index contributed by atoms with van der Waals surface area (Å²) < 4.78 is 5.38. The van der Waals surface area contributed by atoms with Gasteiger partial charge in [0.1, 0.15) is 5.82 Å². The van der Waals surface area contributed by atoms with E-state index >= 15 is 0 Å². The standard InChI is InChI=1S/C18H29N3O3/c1-3-14-5-8-19-17(11-14)20-18(23)16(4-2)21(13-22)12-15-6-9-24-10-7-15/h5,8,11,15-16,22H,3-4,6-7,9-10,12-13H2,1-2H3,(H,19,20,23)/t16-/m0/s1. The predicted molar refractivity (Wildman–Crippen MR) is 93.7 cm³/mol. The number of carbonyl (C=O) groups is 1. The number of rotatable bonds is 8. The summed E-state index contributed by atoms with van der Waals surface area (Å²) in [5.74, 6) is 0.926. The number of aliphatic hydroxyl groups excluding tert-OH is 1. The van der Waals surface area contributed by atoms with Gasteiger partial charge < -0.3 is 15.2 Å². The number of aromatic nitrogens is 1. The average Bonchev–Trinajstić information content (AvgIpc) is 2.62. The number of nitrogens with zero attached hydrogens (tertiary/aromatic N) is 2. The molecule has 1 aromatic heterocycles. The summed E-state index contributed by atoms with van der Waals surface area (Å²) in [6.07, 6.45) is 5.21. The van der Waals surface area contributed by atoms with Crippen molar-refractivity contribution >= 4 is 11.7 Å². The monoisotopic (exact) mass is 335 g/mol. The van der Waals surface area contributed by atoms with Gasteiger partial charge in [0.25, 0.3) is 0 Å². The van der Waals surface area contributed by atoms with E-state index in [0.29, 0.717) is 24.7 Å². The molecule has 2 heterocycles. The number of aryl methyl sites for hydroxylation is 1. The van der Waals surface area contributed by atoms with E-state index in [0.717, 1.165) is 38.0 Å². The van der Waals surface area contributed by atoms with Crippen molar-refractivity contribution in [1.82, 2.24) is 9.88 Å². The van der Waals surface area contributed by atoms with Crippen molar-refractivity contribution in [2.45, 2.75) is 45.6 Å². The zero-order valence-corrected chi connectivity index (χ0v) is 14.7. The van der Waals surface area contributed by atoms with Gasteiger partial charge in [0.15, 0.2) is 0 Å². The number of hydrogen-bond acceptors (Lipinski definition) is 5. The van der Waals surface area contributed by atoms with Crippen molar-refractivity contribution < 1.29 is 14.6 Å². The summed E-state index contributed by atoms with van der Waals surface area (Å²) in [7, 11) is 0. The molecule has 134 valence electrons. The lowest BCUT2D eigenvalue weighted by atomic mass is 9.98. The van der Waals surface area contributed by atoms with Crippen LogP contribution in [0.25, 0.3) is 0 Å². The summed E-state index contributed by atoms with van der Waals surface area (Å²) >= 11 is 0. The van der Waals surface area contributed by atoms with Crippen molar-refractivity contribution in [3.63, 3.8) is 0 Å². The normalized spacial score (nSPS) is 17.0. The van der Waals surface area contributed by atoms with Gasteiger partial charge in [-0.15, -0.1) is 0 Å². The second-order valence-electron chi connectivity index (χ2n) is 6.28. The molecule has 1 aliphatic heterocycles. The van der Waals surface area contributed by atoms with Crippen LogP contribution >= 0.6 is 0 Å². The second-order valence-corrected chi connectivity index (χ2v) is 6.28. The van der Waals surface area contributed by atoms with Gasteiger partial charge in [0.05, 0.1) is 12.8 Å². The smallest absolute Gasteiger partial charge is 0.242 e. The van der Waals surface area contributed by atoms with Gasteiger partial charge in [0.2, 0.25) is 5.91 Å². The third-order valence-corrected chi connectivity index (χ3v) is 4.63. The number of amides is 1. The third kappa shape index (κ3) is 5.26. The van der Waals surface area contributed by atoms with Gasteiger partial charge in [-0.05, 0) is 49.3 Å². The number of hydrogen-bond donors (Lipinski definition) is 2. The number of aliphatic hydroxyl groups is 1. The maximum Gasteiger partial charge on any atom is 0.242 e. The van der Waals surface area contributed by atoms with Crippen molar-refractivity contribution in [3.8, 4) is 0 Å². The molecule has 2 N–H and O–H groups in total. The summed E-state index contributed by atoms with van der Waals surface area (Å²) in [5.41, 5.74) is 1.13. The Morgan fingerprint density at radius 3 is 2.83 bits per heavy atom. The number of pyridine rings is 1. The van der Waals surface area contributed by atoms with Crippen LogP contribution in [0.4, 0.5) is 5.82 Å². The van der Waals surface area contributed by atoms with Crippen molar-refractivity contribution in [3.05, 3.63) is 23.9 Å². The molecule has 0 aliphatic carbocycles. The Labute approximate surface area is 144 Å². The Bertz CT molecular complexity index is 518. The van der Waals surface area contributed by atoms with Gasteiger partial charge in [-0.3, -0.25) is 9.69 Å². The minimum atomic E-state index is -0.357. The Balaban J connectivity index is 1.99. The number of carbonyl (C=O) groups excluding carboxylic acids is 1. The Morgan fingerprint density at radius 1 is 1.46 bits per heavy atom. The van der Waals surface area contributed by atoms with E-state index in [1.54, 1.807) is 6.20 Å². The highest BCUT2D eigenvalue weighted by atomic mass is 16.5. The third-order valence-electron chi connectivity index (χ3n) is 4.63. The molecule has 6 heteroatoms. The van der Waals surface area contributed by atoms with Crippen LogP contribution in [-0.2, 0) is 16.0 Å². The number of anilines is 1. The molecule has 0 bridgehead atoms. The molecule has 2 rings (SSSR count). The van der Waals surface area contributed by atoms with Crippen LogP contribution in [0.1, 0.15) is 38.7 Å². The van der Waals surface area contributed by atoms with Gasteiger partial charge in [-0.25, -0.2) is 4.98 Å². The molecule has 1 aliphatic rings. The molecule has 24 heavy (non-hydrogen) atoms. The minimum Gasteiger partial charge on any atom is -0.381 e. The summed E-state index contributed by atoms with van der Waals surface area (Å²) in [6, 6.07) is 3.48. The Morgan fingerprint density at radius 2 is 2.21 bits per heavy atom. The SMILES string of the molecule is CCc1ccnc(NC(=O)[C@H](CC)N(CO)CC2CCOCC2)c1. The molecule has 0 aromatic carbocycles. The largest absolute Gasteiger partial charge is 0.381 e. The first-order chi connectivity index (χ1) is 11.7. The highest BCUT2D eigenvalue weighted by Crippen LogP contribution is 2.19. The van der Waals surface area contributed by atoms with Crippen molar-refractivity contribution in [1.29, 1.82) is 0 Å². The van der Waals surface area contributed by atoms with E-state index in [4.69, 9.17) is 4.74 Å². The predicted octanol–water partition coefficient (Wildman–Crippen LogP) is 2.04. The highest BCUT2D eigenvalue weighted by molar-refractivity contribution is 5.94. The van der Waals surface area contributed by atoms with Crippen LogP contribution in [0, 0.1) is 5.92 Å². The summed E-state index contributed by atoms with van der Waals surface area (Å²) in [6.45, 7) is 6.16. The van der Waals surface area contributed by atoms with E-state index < -0.39 is 0 Å². The van der Waals surface area contributed by atoms with Crippen molar-refractivity contribution in [2.75, 3.05) is 31.8 Å². The van der Waals surface area contributed by atoms with Gasteiger partial charge in [0, 0.05) is 26.0 Å². The zero-order valence-electron chi connectivity index (χ0n) is 14.7. The van der Waals surface area contributed by atoms with E-state index in [2.05, 4.69) is 17.2 Å². The average molecular weight is 335 g/mol. The quantitative estimate of drug-likeness (QED) is 0.711. The fourth-order valence-corrected chi connectivity index (χ4v) is 3.13. The maximum absolute atomic E-state index is 12.7. The summed E-state index contributed by atoms with van der Waals surface area (Å²) in [4.78, 5) is 18.7. The fraction of sp³-hybridized carbons (Fsp3) is 0.667. The molecule has 1 fully saturated rings. The maximum atomic E-state index is 12.7. The molecule has 0 unspecified atom stereocenters. The molecular weight excluding hydrogens is 306 g/mol. The number of nitrogens with one attached hydrogen (secondary N) is 1. The van der Waals surface area contributed by atoms with Crippen LogP contribution in [0.15, 0.2) is 18.3 Å². The first-order valence-electron chi connectivity index (χ1n) is 8.86. The lowest BCUT2D eigenvalue weighted by molar-refractivity contribution is -0.123. The van der Waals surface area contributed by atoms with Gasteiger partial charge in [-0.1, -0.05) is 13.8 Å². The lowest BCUT2D eigenvalue weighted by Gasteiger charge is -2.33. The van der Waals surface area contributed by atoms with Crippen LogP contribution < -0.4 is 5.32 Å². The second kappa shape index (κ2) is 9.71. The zero-order chi connectivity index (χ0) is 17.4. The van der Waals surface area contributed by atoms with Gasteiger partial charge in [-0.2, -0.15) is 0 Å². The Hall–Kier alpha value is -1.50. The summed E-state index contributed by atoms with van der Waals surface area (Å²) in [5, 5.41) is 12.6. The molecule has 1 aromatic rings. The number of ether oxygens (including phenoxy) is 1. The first kappa shape index (κ1) is 18.8. The fourth-order valence-electron chi connectivity index (χ4n) is 3.13. The molecule has 0 spiro atoms. The molecule has 1 saturated heterocycles. The molecule has 0 saturated carbocycles. The topological polar surface area (TPSA) is 74.7 Å². The van der Waals surface area contributed by atoms with E-state index in [9.17, 15) is 9.90 Å². The van der Waals surface area contributed by atoms with Crippen LogP contribution in [0.5, 0.6) is 0 Å². The van der Waals surface area contributed by atoms with E-state index in [1.807, 2.05) is 24.0 Å². The Kier molecular flexibility index (Phi) is 7.62. The van der Waals surface area contributed by atoms with Gasteiger partial charge >= 0.3 is 0 Å². The molecule has 6 nitrogen and oxygen atoms in total. The van der Waals surface area contributed by atoms with E-state index in [1.165, 1.54) is 0 Å². The highest BCUT2D eigenvalue weighted by Gasteiger charge is 2.27. The lowest BCUT2D eigenvalue weighted by Crippen LogP contribution is -2.47. The first-order valence-corrected chi connectivity index (χ1v) is 8.86. The van der Waals surface area contributed by atoms with Crippen molar-refractivity contribution in [2.24, 2.45) is 5.92 Å². The molecule has 0 radical (unpaired) electrons. The molecule has 1 atom stereocenters. The van der Waals surface area contributed by atoms with Crippen LogP contribution in [0.2, 0.25) is 0 Å². The van der Waals surface area contributed by atoms with E-state index in [-0.39, 0.29) is 18.7 Å².